The molecule has 1 spiro atoms. The number of amides is 1. The number of nitrogens with one attached hydrogen (secondary N) is 2. The van der Waals surface area contributed by atoms with Crippen LogP contribution in [-0.4, -0.2) is 60.3 Å². The summed E-state index contributed by atoms with van der Waals surface area (Å²) in [6.45, 7) is 4.97. The molecule has 2 unspecified atom stereocenters. The number of likely N-dealkylation sites (N-methyl/N-ethyl adjacent to an activating group) is 1. The van der Waals surface area contributed by atoms with E-state index in [9.17, 15) is 18.8 Å². The van der Waals surface area contributed by atoms with Crippen molar-refractivity contribution in [2.24, 2.45) is 17.3 Å². The molecular weight excluding hydrogens is 451 g/mol. The van der Waals surface area contributed by atoms with Gasteiger partial charge in [-0.3, -0.25) is 9.69 Å². The van der Waals surface area contributed by atoms with E-state index in [2.05, 4.69) is 15.2 Å². The van der Waals surface area contributed by atoms with Crippen molar-refractivity contribution < 1.29 is 24.0 Å². The van der Waals surface area contributed by atoms with Gasteiger partial charge in [0, 0.05) is 32.1 Å². The van der Waals surface area contributed by atoms with Crippen LogP contribution in [0.2, 0.25) is 0 Å². The Hall–Kier alpha value is -2.23. The zero-order valence-corrected chi connectivity index (χ0v) is 21.6. The summed E-state index contributed by atoms with van der Waals surface area (Å²) in [5.41, 5.74) is 2.11. The van der Waals surface area contributed by atoms with Crippen LogP contribution in [-0.2, 0) is 14.4 Å². The number of hydrogen-bond acceptors (Lipinski definition) is 7. The number of anilines is 1. The third-order valence-corrected chi connectivity index (χ3v) is 6.71. The van der Waals surface area contributed by atoms with Crippen molar-refractivity contribution in [2.75, 3.05) is 26.0 Å². The normalized spacial score (nSPS) is 20.8. The molecule has 3 fully saturated rings. The smallest absolute Gasteiger partial charge is 0.242 e. The van der Waals surface area contributed by atoms with Crippen LogP contribution in [0.25, 0.3) is 0 Å². The van der Waals surface area contributed by atoms with Gasteiger partial charge in [0.15, 0.2) is 11.6 Å². The fraction of sp³-hybridized carbons (Fsp3) is 0.692. The second-order valence-corrected chi connectivity index (χ2v) is 9.37. The Morgan fingerprint density at radius 1 is 1.31 bits per heavy atom. The van der Waals surface area contributed by atoms with Crippen molar-refractivity contribution in [3.05, 3.63) is 24.1 Å². The van der Waals surface area contributed by atoms with Crippen LogP contribution in [0.5, 0.6) is 0 Å². The summed E-state index contributed by atoms with van der Waals surface area (Å²) in [7, 11) is 3.38. The molecule has 2 heterocycles. The summed E-state index contributed by atoms with van der Waals surface area (Å²) >= 11 is 0. The van der Waals surface area contributed by atoms with Crippen LogP contribution in [0.3, 0.4) is 0 Å². The van der Waals surface area contributed by atoms with Gasteiger partial charge in [-0.05, 0) is 56.2 Å². The zero-order valence-electron chi connectivity index (χ0n) is 21.6. The summed E-state index contributed by atoms with van der Waals surface area (Å²) in [5.74, 6) is 0.0740. The summed E-state index contributed by atoms with van der Waals surface area (Å²) in [6.07, 6.45) is 13.0. The monoisotopic (exact) mass is 494 g/mol. The zero-order chi connectivity index (χ0) is 26.3. The highest BCUT2D eigenvalue weighted by atomic mass is 19.1. The molecule has 3 aliphatic rings. The fourth-order valence-corrected chi connectivity index (χ4v) is 4.78. The van der Waals surface area contributed by atoms with E-state index in [0.29, 0.717) is 17.8 Å². The first-order valence-corrected chi connectivity index (χ1v) is 12.7. The van der Waals surface area contributed by atoms with Gasteiger partial charge in [0.05, 0.1) is 6.04 Å². The first-order chi connectivity index (χ1) is 16.9. The summed E-state index contributed by atoms with van der Waals surface area (Å²) in [4.78, 5) is 38.7. The predicted octanol–water partition coefficient (Wildman–Crippen LogP) is 4.24. The number of halogens is 1. The molecule has 1 aromatic heterocycles. The maximum absolute atomic E-state index is 13.4. The quantitative estimate of drug-likeness (QED) is 0.384. The standard InChI is InChI=1S/C13H16FN3O.C10H16O2.C2H6.CH5NO/c1-17-8-13(4-5-13)7-10(17)12(18)16-11-9(14)3-2-6-15-11;11-6-5-10(8-12)7-9-3-1-2-4-9;1-2;1-2-3/h2-3,6,10H,4-5,7-8H2,1H3,(H,15,16,18);6,8-10H,1-5,7H2;1-2H3;2-3H,1H3. The minimum Gasteiger partial charge on any atom is -0.317 e. The third kappa shape index (κ3) is 10.5. The minimum absolute atomic E-state index is 0.00870. The highest BCUT2D eigenvalue weighted by Crippen LogP contribution is 2.54. The molecule has 35 heavy (non-hydrogen) atoms. The number of carbonyl (C=O) groups is 3. The molecule has 9 heteroatoms. The highest BCUT2D eigenvalue weighted by molar-refractivity contribution is 5.94. The van der Waals surface area contributed by atoms with E-state index >= 15 is 0 Å². The fourth-order valence-electron chi connectivity index (χ4n) is 4.78. The molecule has 2 atom stereocenters. The minimum atomic E-state index is -0.493. The molecule has 8 nitrogen and oxygen atoms in total. The maximum atomic E-state index is 13.4. The number of aromatic nitrogens is 1. The average molecular weight is 495 g/mol. The lowest BCUT2D eigenvalue weighted by atomic mass is 9.92. The van der Waals surface area contributed by atoms with Gasteiger partial charge in [0.2, 0.25) is 5.91 Å². The number of carbonyl (C=O) groups excluding carboxylic acids is 3. The van der Waals surface area contributed by atoms with Crippen molar-refractivity contribution >= 4 is 24.3 Å². The van der Waals surface area contributed by atoms with Crippen LogP contribution in [0.4, 0.5) is 10.2 Å². The first kappa shape index (κ1) is 30.8. The van der Waals surface area contributed by atoms with Gasteiger partial charge in [-0.1, -0.05) is 39.5 Å². The molecule has 0 aromatic carbocycles. The molecule has 1 amide bonds. The molecule has 2 saturated carbocycles. The molecule has 3 N–H and O–H groups in total. The average Bonchev–Trinajstić information content (AvgIpc) is 3.25. The summed E-state index contributed by atoms with van der Waals surface area (Å²) in [5, 5.41) is 9.90. The molecule has 4 rings (SSSR count). The number of likely N-dealkylation sites (tertiary alicyclic amines) is 1. The van der Waals surface area contributed by atoms with Crippen molar-refractivity contribution in [2.45, 2.75) is 77.7 Å². The molecule has 1 aliphatic heterocycles. The number of aldehydes is 2. The van der Waals surface area contributed by atoms with Gasteiger partial charge in [-0.2, -0.15) is 0 Å². The Morgan fingerprint density at radius 3 is 2.43 bits per heavy atom. The number of hydrogen-bond donors (Lipinski definition) is 3. The Morgan fingerprint density at radius 2 is 1.94 bits per heavy atom. The number of nitrogens with zero attached hydrogens (tertiary/aromatic N) is 2. The van der Waals surface area contributed by atoms with Crippen LogP contribution in [0, 0.1) is 23.1 Å². The van der Waals surface area contributed by atoms with E-state index in [-0.39, 0.29) is 23.7 Å². The van der Waals surface area contributed by atoms with Crippen molar-refractivity contribution in [3.63, 3.8) is 0 Å². The van der Waals surface area contributed by atoms with Crippen LogP contribution in [0.1, 0.15) is 71.6 Å². The van der Waals surface area contributed by atoms with Crippen LogP contribution >= 0.6 is 0 Å². The van der Waals surface area contributed by atoms with Crippen molar-refractivity contribution in [1.29, 1.82) is 0 Å². The first-order valence-electron chi connectivity index (χ1n) is 12.7. The Kier molecular flexibility index (Phi) is 14.5. The second kappa shape index (κ2) is 16.4. The van der Waals surface area contributed by atoms with Gasteiger partial charge >= 0.3 is 0 Å². The SMILES string of the molecule is CC.CN1CC2(CC2)CC1C(=O)Nc1ncccc1F.CNO.O=CCC(C=O)CC1CCCC1. The van der Waals surface area contributed by atoms with Gasteiger partial charge in [0.1, 0.15) is 12.6 Å². The van der Waals surface area contributed by atoms with Gasteiger partial charge in [-0.25, -0.2) is 14.9 Å². The second-order valence-electron chi connectivity index (χ2n) is 9.37. The molecule has 0 bridgehead atoms. The van der Waals surface area contributed by atoms with E-state index in [4.69, 9.17) is 5.21 Å². The predicted molar refractivity (Wildman–Crippen MR) is 135 cm³/mol. The lowest BCUT2D eigenvalue weighted by Gasteiger charge is -2.18. The number of rotatable bonds is 7. The van der Waals surface area contributed by atoms with E-state index < -0.39 is 5.82 Å². The summed E-state index contributed by atoms with van der Waals surface area (Å²) in [6, 6.07) is 2.64. The van der Waals surface area contributed by atoms with E-state index in [1.54, 1.807) is 5.48 Å². The van der Waals surface area contributed by atoms with Crippen molar-refractivity contribution in [3.8, 4) is 0 Å². The van der Waals surface area contributed by atoms with Gasteiger partial charge in [-0.15, -0.1) is 0 Å². The van der Waals surface area contributed by atoms with E-state index in [1.165, 1.54) is 63.9 Å². The summed E-state index contributed by atoms with van der Waals surface area (Å²) < 4.78 is 13.4. The van der Waals surface area contributed by atoms with Crippen molar-refractivity contribution in [1.82, 2.24) is 15.4 Å². The van der Waals surface area contributed by atoms with E-state index in [1.807, 2.05) is 20.9 Å². The lowest BCUT2D eigenvalue weighted by molar-refractivity contribution is -0.120. The highest BCUT2D eigenvalue weighted by Gasteiger charge is 2.52. The Labute approximate surface area is 209 Å². The molecule has 1 saturated heterocycles. The van der Waals surface area contributed by atoms with Gasteiger partial charge in [0.25, 0.3) is 0 Å². The molecular formula is C26H43FN4O4. The molecule has 2 aliphatic carbocycles. The number of hydroxylamine groups is 1. The molecule has 0 radical (unpaired) electrons. The van der Waals surface area contributed by atoms with Crippen LogP contribution < -0.4 is 10.8 Å². The Bertz CT molecular complexity index is 769. The van der Waals surface area contributed by atoms with Crippen LogP contribution in [0.15, 0.2) is 18.3 Å². The molecule has 198 valence electrons. The maximum Gasteiger partial charge on any atom is 0.242 e. The third-order valence-electron chi connectivity index (χ3n) is 6.71. The largest absolute Gasteiger partial charge is 0.317 e. The topological polar surface area (TPSA) is 112 Å². The lowest BCUT2D eigenvalue weighted by Crippen LogP contribution is -2.37. The number of pyridine rings is 1. The van der Waals surface area contributed by atoms with Gasteiger partial charge < -0.3 is 20.1 Å². The Balaban J connectivity index is 0.000000313. The molecule has 1 aromatic rings. The van der Waals surface area contributed by atoms with E-state index in [0.717, 1.165) is 32.0 Å².